The fourth-order valence-electron chi connectivity index (χ4n) is 4.74. The lowest BCUT2D eigenvalue weighted by Crippen LogP contribution is -2.37. The third kappa shape index (κ3) is 7.24. The van der Waals surface area contributed by atoms with Crippen LogP contribution in [0, 0.1) is 0 Å². The van der Waals surface area contributed by atoms with Crippen LogP contribution in [0.5, 0.6) is 11.5 Å². The molecule has 0 aliphatic carbocycles. The van der Waals surface area contributed by atoms with Crippen LogP contribution in [-0.4, -0.2) is 57.7 Å². The summed E-state index contributed by atoms with van der Waals surface area (Å²) in [6.07, 6.45) is 1.63. The number of nitrogens with one attached hydrogen (secondary N) is 1. The molecule has 0 unspecified atom stereocenters. The highest BCUT2D eigenvalue weighted by Gasteiger charge is 2.35. The van der Waals surface area contributed by atoms with E-state index < -0.39 is 27.1 Å². The number of carbonyl (C=O) groups excluding carboxylic acids is 3. The second-order valence-electron chi connectivity index (χ2n) is 10.1. The van der Waals surface area contributed by atoms with Crippen molar-refractivity contribution >= 4 is 50.6 Å². The maximum atomic E-state index is 14.1. The van der Waals surface area contributed by atoms with E-state index in [1.54, 1.807) is 61.7 Å². The molecule has 10 nitrogen and oxygen atoms in total. The predicted octanol–water partition coefficient (Wildman–Crippen LogP) is 5.57. The van der Waals surface area contributed by atoms with E-state index in [0.717, 1.165) is 27.8 Å². The van der Waals surface area contributed by atoms with Crippen molar-refractivity contribution in [1.29, 1.82) is 0 Å². The summed E-state index contributed by atoms with van der Waals surface area (Å²) in [5.41, 5.74) is 1.95. The number of para-hydroxylation sites is 2. The lowest BCUT2D eigenvalue weighted by atomic mass is 10.2. The van der Waals surface area contributed by atoms with Crippen molar-refractivity contribution in [2.75, 3.05) is 31.6 Å². The van der Waals surface area contributed by atoms with Crippen molar-refractivity contribution in [2.24, 2.45) is 0 Å². The highest BCUT2D eigenvalue weighted by molar-refractivity contribution is 8.18. The van der Waals surface area contributed by atoms with Gasteiger partial charge in [-0.2, -0.15) is 0 Å². The van der Waals surface area contributed by atoms with Crippen molar-refractivity contribution in [3.05, 3.63) is 125 Å². The number of methoxy groups -OCH3 is 2. The molecular weight excluding hydrogens is 627 g/mol. The smallest absolute Gasteiger partial charge is 0.293 e. The molecule has 1 saturated heterocycles. The standard InChI is InChI=1S/C34H31N3O7S2/c1-43-27-17-15-24(16-18-27)21-31-33(39)36(34(40)45-31)20-19-35-32(38)26-11-8-12-28(22-26)46(41,42)37(23-25-9-4-3-5-10-25)29-13-6-7-14-30(29)44-2/h3-18,21-22H,19-20,23H2,1-2H3,(H,35,38)/b31-21+. The number of sulfonamides is 1. The maximum absolute atomic E-state index is 14.1. The average molecular weight is 658 g/mol. The Kier molecular flexibility index (Phi) is 10.1. The molecule has 1 fully saturated rings. The van der Waals surface area contributed by atoms with Crippen LogP contribution < -0.4 is 19.1 Å². The van der Waals surface area contributed by atoms with Gasteiger partial charge in [-0.1, -0.05) is 60.7 Å². The van der Waals surface area contributed by atoms with Crippen LogP contribution in [0.4, 0.5) is 10.5 Å². The van der Waals surface area contributed by atoms with Crippen molar-refractivity contribution in [3.63, 3.8) is 0 Å². The average Bonchev–Trinajstić information content (AvgIpc) is 3.35. The van der Waals surface area contributed by atoms with Crippen LogP contribution in [0.2, 0.25) is 0 Å². The summed E-state index contributed by atoms with van der Waals surface area (Å²) in [5, 5.41) is 2.24. The number of anilines is 1. The zero-order valence-corrected chi connectivity index (χ0v) is 26.7. The molecule has 0 atom stereocenters. The molecule has 4 aromatic rings. The summed E-state index contributed by atoms with van der Waals surface area (Å²) in [7, 11) is -1.14. The number of imide groups is 1. The molecule has 0 aromatic heterocycles. The van der Waals surface area contributed by atoms with E-state index in [1.807, 2.05) is 30.3 Å². The summed E-state index contributed by atoms with van der Waals surface area (Å²) in [6, 6.07) is 28.7. The minimum Gasteiger partial charge on any atom is -0.497 e. The zero-order valence-electron chi connectivity index (χ0n) is 25.1. The number of rotatable bonds is 12. The van der Waals surface area contributed by atoms with Crippen molar-refractivity contribution in [2.45, 2.75) is 11.4 Å². The topological polar surface area (TPSA) is 122 Å². The molecule has 0 saturated carbocycles. The van der Waals surface area contributed by atoms with Gasteiger partial charge in [0, 0.05) is 18.7 Å². The Bertz CT molecular complexity index is 1880. The second kappa shape index (κ2) is 14.4. The number of hydrogen-bond donors (Lipinski definition) is 1. The first-order valence-corrected chi connectivity index (χ1v) is 16.4. The van der Waals surface area contributed by atoms with Crippen molar-refractivity contribution in [3.8, 4) is 11.5 Å². The lowest BCUT2D eigenvalue weighted by molar-refractivity contribution is -0.122. The van der Waals surface area contributed by atoms with E-state index in [9.17, 15) is 22.8 Å². The number of amides is 3. The molecule has 1 heterocycles. The fourth-order valence-corrected chi connectivity index (χ4v) is 7.11. The van der Waals surface area contributed by atoms with Gasteiger partial charge in [0.1, 0.15) is 11.5 Å². The molecule has 1 aliphatic heterocycles. The molecule has 1 aliphatic rings. The molecule has 0 radical (unpaired) electrons. The van der Waals surface area contributed by atoms with E-state index in [4.69, 9.17) is 9.47 Å². The Labute approximate surface area is 271 Å². The largest absolute Gasteiger partial charge is 0.497 e. The number of thioether (sulfide) groups is 1. The first-order chi connectivity index (χ1) is 22.2. The minimum absolute atomic E-state index is 0.0228. The third-order valence-corrected chi connectivity index (χ3v) is 9.78. The summed E-state index contributed by atoms with van der Waals surface area (Å²) < 4.78 is 40.0. The first kappa shape index (κ1) is 32.3. The Morgan fingerprint density at radius 2 is 1.61 bits per heavy atom. The SMILES string of the molecule is COc1ccc(/C=C2/SC(=O)N(CCNC(=O)c3cccc(S(=O)(=O)N(Cc4ccccc4)c4ccccc4OC)c3)C2=O)cc1. The maximum Gasteiger partial charge on any atom is 0.293 e. The molecule has 46 heavy (non-hydrogen) atoms. The highest BCUT2D eigenvalue weighted by atomic mass is 32.2. The predicted molar refractivity (Wildman–Crippen MR) is 177 cm³/mol. The van der Waals surface area contributed by atoms with Crippen LogP contribution in [-0.2, 0) is 21.4 Å². The molecule has 5 rings (SSSR count). The molecule has 12 heteroatoms. The summed E-state index contributed by atoms with van der Waals surface area (Å²) >= 11 is 0.825. The van der Waals surface area contributed by atoms with Gasteiger partial charge in [0.15, 0.2) is 0 Å². The summed E-state index contributed by atoms with van der Waals surface area (Å²) in [4.78, 5) is 39.8. The third-order valence-electron chi connectivity index (χ3n) is 7.12. The molecule has 3 amide bonds. The normalized spacial score (nSPS) is 14.0. The van der Waals surface area contributed by atoms with E-state index in [1.165, 1.54) is 35.7 Å². The van der Waals surface area contributed by atoms with Crippen LogP contribution in [0.1, 0.15) is 21.5 Å². The van der Waals surface area contributed by atoms with E-state index in [2.05, 4.69) is 5.32 Å². The van der Waals surface area contributed by atoms with Gasteiger partial charge in [0.05, 0.1) is 36.3 Å². The number of carbonyl (C=O) groups is 3. The number of ether oxygens (including phenoxy) is 2. The van der Waals surface area contributed by atoms with E-state index in [-0.39, 0.29) is 35.0 Å². The highest BCUT2D eigenvalue weighted by Crippen LogP contribution is 2.34. The Morgan fingerprint density at radius 3 is 2.33 bits per heavy atom. The van der Waals surface area contributed by atoms with Gasteiger partial charge in [-0.15, -0.1) is 0 Å². The first-order valence-electron chi connectivity index (χ1n) is 14.2. The second-order valence-corrected chi connectivity index (χ2v) is 12.9. The van der Waals surface area contributed by atoms with Gasteiger partial charge in [0.25, 0.3) is 27.1 Å². The van der Waals surface area contributed by atoms with Gasteiger partial charge in [-0.3, -0.25) is 23.6 Å². The van der Waals surface area contributed by atoms with Gasteiger partial charge in [0.2, 0.25) is 0 Å². The quantitative estimate of drug-likeness (QED) is 0.197. The lowest BCUT2D eigenvalue weighted by Gasteiger charge is -2.26. The molecule has 1 N–H and O–H groups in total. The van der Waals surface area contributed by atoms with Crippen molar-refractivity contribution < 1.29 is 32.3 Å². The van der Waals surface area contributed by atoms with Gasteiger partial charge in [-0.25, -0.2) is 8.42 Å². The van der Waals surface area contributed by atoms with E-state index in [0.29, 0.717) is 17.2 Å². The van der Waals surface area contributed by atoms with Crippen molar-refractivity contribution in [1.82, 2.24) is 10.2 Å². The monoisotopic (exact) mass is 657 g/mol. The van der Waals surface area contributed by atoms with E-state index >= 15 is 0 Å². The molecule has 236 valence electrons. The molecular formula is C34H31N3O7S2. The Hall–Kier alpha value is -5.07. The summed E-state index contributed by atoms with van der Waals surface area (Å²) in [6.45, 7) is -0.0389. The van der Waals surface area contributed by atoms with Crippen LogP contribution in [0.25, 0.3) is 6.08 Å². The fraction of sp³-hybridized carbons (Fsp3) is 0.147. The van der Waals surface area contributed by atoms with Gasteiger partial charge >= 0.3 is 0 Å². The summed E-state index contributed by atoms with van der Waals surface area (Å²) in [5.74, 6) is 0.0415. The zero-order chi connectivity index (χ0) is 32.7. The van der Waals surface area contributed by atoms with Crippen LogP contribution in [0.3, 0.4) is 0 Å². The molecule has 0 bridgehead atoms. The van der Waals surface area contributed by atoms with Crippen LogP contribution >= 0.6 is 11.8 Å². The Balaban J connectivity index is 1.29. The number of hydrogen-bond acceptors (Lipinski definition) is 8. The minimum atomic E-state index is -4.17. The number of nitrogens with zero attached hydrogens (tertiary/aromatic N) is 2. The number of benzene rings is 4. The Morgan fingerprint density at radius 1 is 0.891 bits per heavy atom. The molecule has 4 aromatic carbocycles. The van der Waals surface area contributed by atoms with Crippen LogP contribution in [0.15, 0.2) is 113 Å². The van der Waals surface area contributed by atoms with Gasteiger partial charge < -0.3 is 14.8 Å². The molecule has 0 spiro atoms. The van der Waals surface area contributed by atoms with Gasteiger partial charge in [-0.05, 0) is 71.4 Å².